The normalized spacial score (nSPS) is 15.1. The average Bonchev–Trinajstić information content (AvgIpc) is 3.22. The van der Waals surface area contributed by atoms with Gasteiger partial charge in [-0.1, -0.05) is 18.2 Å². The first kappa shape index (κ1) is 18.6. The maximum absolute atomic E-state index is 11.0. The molecule has 1 N–H and O–H groups in total. The van der Waals surface area contributed by atoms with Gasteiger partial charge in [0.2, 0.25) is 5.69 Å². The largest absolute Gasteiger partial charge is 0.496 e. The quantitative estimate of drug-likeness (QED) is 0.592. The van der Waals surface area contributed by atoms with E-state index >= 15 is 0 Å². The van der Waals surface area contributed by atoms with E-state index in [4.69, 9.17) is 10.00 Å². The molecule has 1 saturated heterocycles. The van der Waals surface area contributed by atoms with E-state index in [-0.39, 0.29) is 17.4 Å². The molecule has 1 aromatic carbocycles. The number of benzene rings is 1. The minimum atomic E-state index is -0.600. The van der Waals surface area contributed by atoms with E-state index in [0.717, 1.165) is 37.2 Å². The van der Waals surface area contributed by atoms with Gasteiger partial charge in [-0.25, -0.2) is 4.98 Å². The minimum absolute atomic E-state index is 0.0752. The number of nitriles is 1. The van der Waals surface area contributed by atoms with Crippen LogP contribution < -0.4 is 10.1 Å². The predicted octanol–water partition coefficient (Wildman–Crippen LogP) is 3.12. The Kier molecular flexibility index (Phi) is 5.84. The summed E-state index contributed by atoms with van der Waals surface area (Å²) in [6.07, 6.45) is 2.31. The van der Waals surface area contributed by atoms with E-state index in [1.165, 1.54) is 12.1 Å². The standard InChI is InChI=1S/C19H21N5O3/c1-27-18-7-3-2-6-14(18)17(23-10-4-5-11-23)13-21-19-9-8-16(24(25)26)15(12-20)22-19/h2-3,6-9,17H,4-5,10-11,13H2,1H3,(H,21,22). The molecular weight excluding hydrogens is 346 g/mol. The Morgan fingerprint density at radius 1 is 1.33 bits per heavy atom. The molecule has 3 rings (SSSR count). The summed E-state index contributed by atoms with van der Waals surface area (Å²) in [4.78, 5) is 16.8. The van der Waals surface area contributed by atoms with Gasteiger partial charge in [0, 0.05) is 18.2 Å². The first-order chi connectivity index (χ1) is 13.1. The van der Waals surface area contributed by atoms with E-state index in [9.17, 15) is 10.1 Å². The van der Waals surface area contributed by atoms with Crippen molar-refractivity contribution in [2.24, 2.45) is 0 Å². The Labute approximate surface area is 157 Å². The molecule has 1 atom stereocenters. The fourth-order valence-corrected chi connectivity index (χ4v) is 3.41. The molecule has 1 fully saturated rings. The van der Waals surface area contributed by atoms with E-state index in [1.54, 1.807) is 13.2 Å². The molecule has 2 heterocycles. The van der Waals surface area contributed by atoms with Gasteiger partial charge in [0.25, 0.3) is 0 Å². The molecule has 0 aliphatic carbocycles. The summed E-state index contributed by atoms with van der Waals surface area (Å²) in [6.45, 7) is 2.55. The molecule has 1 unspecified atom stereocenters. The smallest absolute Gasteiger partial charge is 0.305 e. The number of likely N-dealkylation sites (tertiary alicyclic amines) is 1. The number of rotatable bonds is 7. The van der Waals surface area contributed by atoms with Crippen molar-refractivity contribution >= 4 is 11.5 Å². The molecular formula is C19H21N5O3. The number of nitro groups is 1. The number of hydrogen-bond donors (Lipinski definition) is 1. The SMILES string of the molecule is COc1ccccc1C(CNc1ccc([N+](=O)[O-])c(C#N)n1)N1CCCC1. The van der Waals surface area contributed by atoms with Crippen LogP contribution in [0.1, 0.15) is 30.1 Å². The Balaban J connectivity index is 1.83. The fourth-order valence-electron chi connectivity index (χ4n) is 3.41. The second-order valence-electron chi connectivity index (χ2n) is 6.31. The molecule has 1 aliphatic heterocycles. The lowest BCUT2D eigenvalue weighted by molar-refractivity contribution is -0.385. The molecule has 8 heteroatoms. The van der Waals surface area contributed by atoms with Crippen LogP contribution in [-0.2, 0) is 0 Å². The number of ether oxygens (including phenoxy) is 1. The van der Waals surface area contributed by atoms with Crippen LogP contribution in [0, 0.1) is 21.4 Å². The zero-order valence-electron chi connectivity index (χ0n) is 15.1. The minimum Gasteiger partial charge on any atom is -0.496 e. The van der Waals surface area contributed by atoms with Crippen LogP contribution in [0.4, 0.5) is 11.5 Å². The Morgan fingerprint density at radius 3 is 2.74 bits per heavy atom. The number of aromatic nitrogens is 1. The van der Waals surface area contributed by atoms with Crippen LogP contribution in [0.5, 0.6) is 5.75 Å². The summed E-state index contributed by atoms with van der Waals surface area (Å²) >= 11 is 0. The summed E-state index contributed by atoms with van der Waals surface area (Å²) in [5.41, 5.74) is 0.598. The van der Waals surface area contributed by atoms with Crippen molar-refractivity contribution in [2.45, 2.75) is 18.9 Å². The topological polar surface area (TPSA) is 104 Å². The van der Waals surface area contributed by atoms with Crippen LogP contribution in [-0.4, -0.2) is 41.6 Å². The van der Waals surface area contributed by atoms with Crippen LogP contribution in [0.15, 0.2) is 36.4 Å². The fraction of sp³-hybridized carbons (Fsp3) is 0.368. The highest BCUT2D eigenvalue weighted by atomic mass is 16.6. The summed E-state index contributed by atoms with van der Waals surface area (Å²) in [7, 11) is 1.66. The summed E-state index contributed by atoms with van der Waals surface area (Å²) in [6, 6.07) is 12.6. The maximum atomic E-state index is 11.0. The molecule has 1 aromatic heterocycles. The van der Waals surface area contributed by atoms with E-state index < -0.39 is 4.92 Å². The lowest BCUT2D eigenvalue weighted by atomic mass is 10.0. The Morgan fingerprint density at radius 2 is 2.07 bits per heavy atom. The first-order valence-electron chi connectivity index (χ1n) is 8.80. The maximum Gasteiger partial charge on any atom is 0.305 e. The molecule has 0 bridgehead atoms. The number of nitrogens with one attached hydrogen (secondary N) is 1. The molecule has 2 aromatic rings. The second-order valence-corrected chi connectivity index (χ2v) is 6.31. The second kappa shape index (κ2) is 8.47. The van der Waals surface area contributed by atoms with Gasteiger partial charge in [0.05, 0.1) is 18.1 Å². The van der Waals surface area contributed by atoms with Crippen molar-refractivity contribution < 1.29 is 9.66 Å². The lowest BCUT2D eigenvalue weighted by Gasteiger charge is -2.29. The van der Waals surface area contributed by atoms with Gasteiger partial charge in [-0.15, -0.1) is 0 Å². The number of nitrogens with zero attached hydrogens (tertiary/aromatic N) is 4. The van der Waals surface area contributed by atoms with Crippen molar-refractivity contribution in [1.29, 1.82) is 5.26 Å². The first-order valence-corrected chi connectivity index (χ1v) is 8.80. The molecule has 27 heavy (non-hydrogen) atoms. The zero-order valence-corrected chi connectivity index (χ0v) is 15.1. The lowest BCUT2D eigenvalue weighted by Crippen LogP contribution is -2.31. The van der Waals surface area contributed by atoms with Crippen LogP contribution in [0.3, 0.4) is 0 Å². The number of hydrogen-bond acceptors (Lipinski definition) is 7. The third-order valence-corrected chi connectivity index (χ3v) is 4.73. The summed E-state index contributed by atoms with van der Waals surface area (Å²) in [5, 5.41) is 23.3. The molecule has 0 radical (unpaired) electrons. The van der Waals surface area contributed by atoms with Gasteiger partial charge in [-0.05, 0) is 38.1 Å². The van der Waals surface area contributed by atoms with Crippen molar-refractivity contribution in [3.8, 4) is 11.8 Å². The molecule has 1 aliphatic rings. The highest BCUT2D eigenvalue weighted by molar-refractivity contribution is 5.50. The highest BCUT2D eigenvalue weighted by Crippen LogP contribution is 2.32. The summed E-state index contributed by atoms with van der Waals surface area (Å²) in [5.74, 6) is 1.27. The van der Waals surface area contributed by atoms with E-state index in [2.05, 4.69) is 15.2 Å². The van der Waals surface area contributed by atoms with Gasteiger partial charge < -0.3 is 10.1 Å². The summed E-state index contributed by atoms with van der Waals surface area (Å²) < 4.78 is 5.53. The Bertz CT molecular complexity index is 859. The van der Waals surface area contributed by atoms with Gasteiger partial charge in [0.1, 0.15) is 17.6 Å². The molecule has 0 saturated carbocycles. The predicted molar refractivity (Wildman–Crippen MR) is 101 cm³/mol. The average molecular weight is 367 g/mol. The Hall–Kier alpha value is -3.18. The van der Waals surface area contributed by atoms with Crippen LogP contribution in [0.2, 0.25) is 0 Å². The van der Waals surface area contributed by atoms with E-state index in [0.29, 0.717) is 12.4 Å². The number of para-hydroxylation sites is 1. The third-order valence-electron chi connectivity index (χ3n) is 4.73. The highest BCUT2D eigenvalue weighted by Gasteiger charge is 2.26. The number of pyridine rings is 1. The van der Waals surface area contributed by atoms with Crippen molar-refractivity contribution in [3.63, 3.8) is 0 Å². The van der Waals surface area contributed by atoms with Gasteiger partial charge >= 0.3 is 5.69 Å². The number of anilines is 1. The van der Waals surface area contributed by atoms with Gasteiger partial charge in [-0.2, -0.15) is 5.26 Å². The van der Waals surface area contributed by atoms with E-state index in [1.807, 2.05) is 24.3 Å². The molecule has 8 nitrogen and oxygen atoms in total. The van der Waals surface area contributed by atoms with Crippen molar-refractivity contribution in [1.82, 2.24) is 9.88 Å². The monoisotopic (exact) mass is 367 g/mol. The third kappa shape index (κ3) is 4.15. The van der Waals surface area contributed by atoms with Gasteiger partial charge in [-0.3, -0.25) is 15.0 Å². The zero-order chi connectivity index (χ0) is 19.2. The van der Waals surface area contributed by atoms with Crippen molar-refractivity contribution in [2.75, 3.05) is 32.1 Å². The molecule has 140 valence electrons. The van der Waals surface area contributed by atoms with Crippen LogP contribution in [0.25, 0.3) is 0 Å². The van der Waals surface area contributed by atoms with Gasteiger partial charge in [0.15, 0.2) is 0 Å². The van der Waals surface area contributed by atoms with Crippen molar-refractivity contribution in [3.05, 3.63) is 57.8 Å². The van der Waals surface area contributed by atoms with Crippen LogP contribution >= 0.6 is 0 Å². The molecule has 0 spiro atoms. The number of methoxy groups -OCH3 is 1. The molecule has 0 amide bonds.